The van der Waals surface area contributed by atoms with E-state index in [9.17, 15) is 19.5 Å². The van der Waals surface area contributed by atoms with Gasteiger partial charge in [0.2, 0.25) is 0 Å². The third kappa shape index (κ3) is 3.58. The van der Waals surface area contributed by atoms with Crippen molar-refractivity contribution in [1.82, 2.24) is 0 Å². The normalized spacial score (nSPS) is 38.2. The van der Waals surface area contributed by atoms with E-state index < -0.39 is 0 Å². The first-order valence-corrected chi connectivity index (χ1v) is 12.2. The largest absolute Gasteiger partial charge is 0.511 e. The Morgan fingerprint density at radius 2 is 1.23 bits per heavy atom. The molecule has 1 N–H and O–H groups in total. The van der Waals surface area contributed by atoms with Gasteiger partial charge in [-0.25, -0.2) is 0 Å². The zero-order valence-corrected chi connectivity index (χ0v) is 18.1. The number of carbonyl (C=O) groups excluding carboxylic acids is 3. The van der Waals surface area contributed by atoms with Crippen LogP contribution in [0.5, 0.6) is 0 Å². The standard InChI is InChI=1S/C27H32O4/c28-24-18-10-6-7-11-19(18)25(29)20(24)12-2-1-3-13-21-26(30)22-14-16-8-4-5-9-17(16)15-23(22)27(21)31/h1-3,12-13,16-19,22-23,30H,4-11,14-15H2. The van der Waals surface area contributed by atoms with E-state index in [1.54, 1.807) is 30.4 Å². The summed E-state index contributed by atoms with van der Waals surface area (Å²) in [6.07, 6.45) is 19.1. The van der Waals surface area contributed by atoms with Gasteiger partial charge >= 0.3 is 0 Å². The fraction of sp³-hybridized carbons (Fsp3) is 0.593. The number of hydrogen-bond donors (Lipinski definition) is 1. The summed E-state index contributed by atoms with van der Waals surface area (Å²) in [5, 5.41) is 10.7. The zero-order valence-electron chi connectivity index (χ0n) is 18.1. The maximum Gasteiger partial charge on any atom is 0.170 e. The van der Waals surface area contributed by atoms with Gasteiger partial charge in [0.05, 0.1) is 11.1 Å². The molecule has 4 fully saturated rings. The van der Waals surface area contributed by atoms with E-state index in [0.29, 0.717) is 23.0 Å². The smallest absolute Gasteiger partial charge is 0.170 e. The van der Waals surface area contributed by atoms with Crippen LogP contribution in [0.3, 0.4) is 0 Å². The maximum absolute atomic E-state index is 12.9. The molecule has 0 aromatic rings. The monoisotopic (exact) mass is 420 g/mol. The molecule has 0 aromatic heterocycles. The molecular formula is C27H32O4. The molecule has 4 nitrogen and oxygen atoms in total. The first kappa shape index (κ1) is 20.7. The summed E-state index contributed by atoms with van der Waals surface area (Å²) >= 11 is 0. The lowest BCUT2D eigenvalue weighted by Gasteiger charge is -2.40. The minimum atomic E-state index is -0.110. The highest BCUT2D eigenvalue weighted by atomic mass is 16.3. The van der Waals surface area contributed by atoms with E-state index in [2.05, 4.69) is 0 Å². The van der Waals surface area contributed by atoms with Crippen LogP contribution in [-0.4, -0.2) is 22.5 Å². The molecule has 164 valence electrons. The SMILES string of the molecule is O=C1C(=CC=CC=CC2=C(O)C3CC4CCCCC4CC3C2=O)C(=O)C2CCCCC12. The lowest BCUT2D eigenvalue weighted by molar-refractivity contribution is -0.121. The van der Waals surface area contributed by atoms with Gasteiger partial charge in [-0.1, -0.05) is 56.8 Å². The van der Waals surface area contributed by atoms with Crippen molar-refractivity contribution < 1.29 is 19.5 Å². The molecule has 6 atom stereocenters. The average molecular weight is 421 g/mol. The predicted molar refractivity (Wildman–Crippen MR) is 118 cm³/mol. The van der Waals surface area contributed by atoms with Crippen LogP contribution in [0, 0.1) is 35.5 Å². The first-order valence-electron chi connectivity index (χ1n) is 12.2. The number of allylic oxidation sites excluding steroid dienone is 8. The molecule has 4 saturated carbocycles. The van der Waals surface area contributed by atoms with Crippen LogP contribution in [0.2, 0.25) is 0 Å². The van der Waals surface area contributed by atoms with E-state index >= 15 is 0 Å². The third-order valence-corrected chi connectivity index (χ3v) is 8.61. The number of rotatable bonds is 3. The van der Waals surface area contributed by atoms with Crippen molar-refractivity contribution in [2.75, 3.05) is 0 Å². The first-order chi connectivity index (χ1) is 15.1. The van der Waals surface area contributed by atoms with Crippen LogP contribution < -0.4 is 0 Å². The molecule has 0 aliphatic heterocycles. The van der Waals surface area contributed by atoms with Crippen molar-refractivity contribution in [2.24, 2.45) is 35.5 Å². The van der Waals surface area contributed by atoms with E-state index in [-0.39, 0.29) is 46.8 Å². The molecule has 4 heteroatoms. The summed E-state index contributed by atoms with van der Waals surface area (Å²) in [5.41, 5.74) is 0.777. The number of carbonyl (C=O) groups is 3. The Kier molecular flexibility index (Phi) is 5.58. The van der Waals surface area contributed by atoms with Gasteiger partial charge in [-0.15, -0.1) is 0 Å². The minimum Gasteiger partial charge on any atom is -0.511 e. The number of fused-ring (bicyclic) bond motifs is 3. The Bertz CT molecular complexity index is 892. The summed E-state index contributed by atoms with van der Waals surface area (Å²) in [6, 6.07) is 0. The lowest BCUT2D eigenvalue weighted by atomic mass is 9.64. The van der Waals surface area contributed by atoms with Crippen LogP contribution in [0.1, 0.15) is 64.2 Å². The van der Waals surface area contributed by atoms with Crippen molar-refractivity contribution in [1.29, 1.82) is 0 Å². The van der Waals surface area contributed by atoms with Crippen molar-refractivity contribution >= 4 is 17.3 Å². The highest BCUT2D eigenvalue weighted by Gasteiger charge is 2.48. The van der Waals surface area contributed by atoms with E-state index in [1.807, 2.05) is 0 Å². The molecule has 31 heavy (non-hydrogen) atoms. The second-order valence-corrected chi connectivity index (χ2v) is 10.2. The van der Waals surface area contributed by atoms with Crippen LogP contribution in [0.4, 0.5) is 0 Å². The summed E-state index contributed by atoms with van der Waals surface area (Å²) in [5.74, 6) is 1.38. The van der Waals surface area contributed by atoms with Crippen molar-refractivity contribution in [3.8, 4) is 0 Å². The van der Waals surface area contributed by atoms with Gasteiger partial charge in [-0.2, -0.15) is 0 Å². The second-order valence-electron chi connectivity index (χ2n) is 10.2. The van der Waals surface area contributed by atoms with Crippen molar-refractivity contribution in [3.63, 3.8) is 0 Å². The van der Waals surface area contributed by atoms with Crippen molar-refractivity contribution in [2.45, 2.75) is 64.2 Å². The molecule has 0 bridgehead atoms. The van der Waals surface area contributed by atoms with Gasteiger partial charge in [0.15, 0.2) is 17.3 Å². The molecule has 5 aliphatic carbocycles. The van der Waals surface area contributed by atoms with Gasteiger partial charge < -0.3 is 5.11 Å². The summed E-state index contributed by atoms with van der Waals surface area (Å²) in [7, 11) is 0. The lowest BCUT2D eigenvalue weighted by Crippen LogP contribution is -2.35. The number of Topliss-reactive ketones (excluding diaryl/α,β-unsaturated/α-hetero) is 3. The molecule has 0 heterocycles. The van der Waals surface area contributed by atoms with Gasteiger partial charge in [0, 0.05) is 23.7 Å². The van der Waals surface area contributed by atoms with Gasteiger partial charge in [0.25, 0.3) is 0 Å². The summed E-state index contributed by atoms with van der Waals surface area (Å²) < 4.78 is 0. The highest BCUT2D eigenvalue weighted by Crippen LogP contribution is 2.51. The molecule has 5 aliphatic rings. The van der Waals surface area contributed by atoms with Gasteiger partial charge in [-0.05, 0) is 49.7 Å². The van der Waals surface area contributed by atoms with Gasteiger partial charge in [0.1, 0.15) is 5.76 Å². The molecule has 0 spiro atoms. The number of hydrogen-bond acceptors (Lipinski definition) is 4. The zero-order chi connectivity index (χ0) is 21.5. The average Bonchev–Trinajstić information content (AvgIpc) is 3.17. The molecule has 6 unspecified atom stereocenters. The fourth-order valence-corrected chi connectivity index (χ4v) is 6.98. The second kappa shape index (κ2) is 8.37. The number of aliphatic hydroxyl groups is 1. The summed E-state index contributed by atoms with van der Waals surface area (Å²) in [4.78, 5) is 38.0. The Morgan fingerprint density at radius 3 is 1.87 bits per heavy atom. The van der Waals surface area contributed by atoms with Gasteiger partial charge in [-0.3, -0.25) is 14.4 Å². The molecule has 5 rings (SSSR count). The Hall–Kier alpha value is -2.23. The maximum atomic E-state index is 12.9. The quantitative estimate of drug-likeness (QED) is 0.386. The van der Waals surface area contributed by atoms with Crippen LogP contribution in [0.25, 0.3) is 0 Å². The van der Waals surface area contributed by atoms with Crippen LogP contribution in [0.15, 0.2) is 47.3 Å². The predicted octanol–water partition coefficient (Wildman–Crippen LogP) is 5.21. The fourth-order valence-electron chi connectivity index (χ4n) is 6.98. The Morgan fingerprint density at radius 1 is 0.645 bits per heavy atom. The Labute approximate surface area is 184 Å². The van der Waals surface area contributed by atoms with Crippen molar-refractivity contribution in [3.05, 3.63) is 47.3 Å². The van der Waals surface area contributed by atoms with Crippen LogP contribution in [-0.2, 0) is 14.4 Å². The summed E-state index contributed by atoms with van der Waals surface area (Å²) in [6.45, 7) is 0. The minimum absolute atomic E-state index is 0.000181. The molecule has 0 amide bonds. The Balaban J connectivity index is 1.26. The molecule has 0 radical (unpaired) electrons. The van der Waals surface area contributed by atoms with E-state index in [0.717, 1.165) is 38.5 Å². The third-order valence-electron chi connectivity index (χ3n) is 8.61. The topological polar surface area (TPSA) is 71.4 Å². The molecule has 0 aromatic carbocycles. The number of ketones is 3. The highest BCUT2D eigenvalue weighted by molar-refractivity contribution is 6.27. The van der Waals surface area contributed by atoms with E-state index in [1.165, 1.54) is 25.7 Å². The molecule has 0 saturated heterocycles. The molecular weight excluding hydrogens is 388 g/mol. The number of aliphatic hydroxyl groups excluding tert-OH is 1. The van der Waals surface area contributed by atoms with Crippen LogP contribution >= 0.6 is 0 Å². The van der Waals surface area contributed by atoms with E-state index in [4.69, 9.17) is 0 Å².